The largest absolute Gasteiger partial charge is 0.353 e. The summed E-state index contributed by atoms with van der Waals surface area (Å²) in [6.07, 6.45) is 3.56. The Morgan fingerprint density at radius 3 is 2.92 bits per heavy atom. The molecule has 0 unspecified atom stereocenters. The van der Waals surface area contributed by atoms with Gasteiger partial charge in [-0.05, 0) is 19.3 Å². The smallest absolute Gasteiger partial charge is 0.205 e. The number of rotatable bonds is 3. The molecule has 2 rings (SSSR count). The van der Waals surface area contributed by atoms with Crippen molar-refractivity contribution in [3.05, 3.63) is 5.51 Å². The number of nitrogens with zero attached hydrogens (tertiary/aromatic N) is 2. The van der Waals surface area contributed by atoms with Gasteiger partial charge in [-0.25, -0.2) is 0 Å². The fourth-order valence-corrected chi connectivity index (χ4v) is 2.25. The average molecular weight is 204 g/mol. The lowest BCUT2D eigenvalue weighted by atomic mass is 9.78. The van der Waals surface area contributed by atoms with Crippen molar-refractivity contribution < 1.29 is 0 Å². The number of aromatic nitrogens is 2. The van der Waals surface area contributed by atoms with Crippen molar-refractivity contribution in [3.63, 3.8) is 0 Å². The van der Waals surface area contributed by atoms with E-state index in [0.717, 1.165) is 18.0 Å². The molecule has 0 saturated heterocycles. The quantitative estimate of drug-likeness (QED) is 0.765. The van der Waals surface area contributed by atoms with Crippen LogP contribution in [0.2, 0.25) is 0 Å². The Bertz CT molecular complexity index is 240. The molecule has 5 heteroatoms. The van der Waals surface area contributed by atoms with Gasteiger partial charge in [-0.1, -0.05) is 11.3 Å². The lowest BCUT2D eigenvalue weighted by molar-refractivity contribution is 0.311. The molecule has 1 heterocycles. The lowest BCUT2D eigenvalue weighted by Crippen LogP contribution is -2.46. The van der Waals surface area contributed by atoms with E-state index in [-0.39, 0.29) is 5.54 Å². The van der Waals surface area contributed by atoms with Crippen LogP contribution < -0.4 is 5.32 Å². The van der Waals surface area contributed by atoms with E-state index < -0.39 is 0 Å². The number of halogens is 1. The van der Waals surface area contributed by atoms with Crippen LogP contribution in [-0.2, 0) is 0 Å². The maximum Gasteiger partial charge on any atom is 0.205 e. The number of hydrogen-bond acceptors (Lipinski definition) is 4. The van der Waals surface area contributed by atoms with Crippen LogP contribution in [0.15, 0.2) is 5.51 Å². The number of hydrogen-bond donors (Lipinski definition) is 1. The van der Waals surface area contributed by atoms with Gasteiger partial charge in [-0.3, -0.25) is 0 Å². The Balaban J connectivity index is 2.01. The molecule has 1 saturated carbocycles. The van der Waals surface area contributed by atoms with Crippen LogP contribution in [0.3, 0.4) is 0 Å². The van der Waals surface area contributed by atoms with Crippen molar-refractivity contribution >= 4 is 28.1 Å². The third kappa shape index (κ3) is 1.41. The Kier molecular flexibility index (Phi) is 2.19. The van der Waals surface area contributed by atoms with E-state index in [0.29, 0.717) is 5.88 Å². The highest BCUT2D eigenvalue weighted by Crippen LogP contribution is 2.36. The summed E-state index contributed by atoms with van der Waals surface area (Å²) < 4.78 is 0. The van der Waals surface area contributed by atoms with E-state index in [1.165, 1.54) is 17.8 Å². The van der Waals surface area contributed by atoms with Gasteiger partial charge in [-0.2, -0.15) is 0 Å². The van der Waals surface area contributed by atoms with Crippen LogP contribution in [0.5, 0.6) is 0 Å². The van der Waals surface area contributed by atoms with E-state index >= 15 is 0 Å². The number of anilines is 1. The third-order valence-electron chi connectivity index (χ3n) is 2.30. The van der Waals surface area contributed by atoms with Crippen LogP contribution in [0.4, 0.5) is 5.13 Å². The first kappa shape index (κ1) is 8.26. The van der Waals surface area contributed by atoms with Gasteiger partial charge in [-0.15, -0.1) is 21.8 Å². The van der Waals surface area contributed by atoms with Crippen molar-refractivity contribution in [2.24, 2.45) is 0 Å². The molecular formula is C7H10ClN3S. The predicted octanol–water partition coefficient (Wildman–Crippen LogP) is 2.11. The van der Waals surface area contributed by atoms with Gasteiger partial charge in [0, 0.05) is 5.88 Å². The fourth-order valence-electron chi connectivity index (χ4n) is 1.35. The number of nitrogens with one attached hydrogen (secondary N) is 1. The van der Waals surface area contributed by atoms with Gasteiger partial charge in [0.1, 0.15) is 5.51 Å². The molecule has 1 aliphatic rings. The van der Waals surface area contributed by atoms with Crippen LogP contribution in [0, 0.1) is 0 Å². The van der Waals surface area contributed by atoms with Crippen LogP contribution >= 0.6 is 22.9 Å². The van der Waals surface area contributed by atoms with Gasteiger partial charge in [0.15, 0.2) is 0 Å². The first-order chi connectivity index (χ1) is 5.85. The van der Waals surface area contributed by atoms with E-state index in [2.05, 4.69) is 15.5 Å². The Labute approximate surface area is 80.2 Å². The predicted molar refractivity (Wildman–Crippen MR) is 50.8 cm³/mol. The topological polar surface area (TPSA) is 37.8 Å². The van der Waals surface area contributed by atoms with Crippen LogP contribution in [-0.4, -0.2) is 21.6 Å². The highest BCUT2D eigenvalue weighted by atomic mass is 35.5. The summed E-state index contributed by atoms with van der Waals surface area (Å²) in [5.41, 5.74) is 1.84. The van der Waals surface area contributed by atoms with Gasteiger partial charge < -0.3 is 5.32 Å². The average Bonchev–Trinajstić information content (AvgIpc) is 2.49. The van der Waals surface area contributed by atoms with E-state index in [9.17, 15) is 0 Å². The zero-order valence-corrected chi connectivity index (χ0v) is 8.16. The van der Waals surface area contributed by atoms with Crippen molar-refractivity contribution in [2.75, 3.05) is 11.2 Å². The molecule has 1 aromatic heterocycles. The first-order valence-corrected chi connectivity index (χ1v) is 5.36. The van der Waals surface area contributed by atoms with Gasteiger partial charge in [0.05, 0.1) is 5.54 Å². The van der Waals surface area contributed by atoms with Gasteiger partial charge >= 0.3 is 0 Å². The Morgan fingerprint density at radius 1 is 1.67 bits per heavy atom. The van der Waals surface area contributed by atoms with Crippen molar-refractivity contribution in [1.82, 2.24) is 10.2 Å². The summed E-state index contributed by atoms with van der Waals surface area (Å²) in [5, 5.41) is 11.9. The van der Waals surface area contributed by atoms with Crippen LogP contribution in [0.1, 0.15) is 19.3 Å². The third-order valence-corrected chi connectivity index (χ3v) is 3.42. The maximum absolute atomic E-state index is 5.87. The molecule has 0 aromatic carbocycles. The Hall–Kier alpha value is -0.350. The van der Waals surface area contributed by atoms with Gasteiger partial charge in [0.2, 0.25) is 5.13 Å². The molecule has 1 aromatic rings. The highest BCUT2D eigenvalue weighted by Gasteiger charge is 2.36. The normalized spacial score (nSPS) is 20.1. The Morgan fingerprint density at radius 2 is 2.50 bits per heavy atom. The molecule has 0 atom stereocenters. The second kappa shape index (κ2) is 3.18. The molecule has 1 fully saturated rings. The molecule has 1 aliphatic carbocycles. The molecule has 1 N–H and O–H groups in total. The molecule has 0 amide bonds. The SMILES string of the molecule is ClCC1(Nc2nncs2)CCC1. The highest BCUT2D eigenvalue weighted by molar-refractivity contribution is 7.13. The second-order valence-electron chi connectivity index (χ2n) is 3.14. The van der Waals surface area contributed by atoms with Crippen molar-refractivity contribution in [3.8, 4) is 0 Å². The first-order valence-electron chi connectivity index (χ1n) is 3.95. The molecule has 66 valence electrons. The number of alkyl halides is 1. The molecule has 12 heavy (non-hydrogen) atoms. The zero-order valence-electron chi connectivity index (χ0n) is 6.59. The summed E-state index contributed by atoms with van der Waals surface area (Å²) in [5.74, 6) is 0.659. The molecule has 0 aliphatic heterocycles. The monoisotopic (exact) mass is 203 g/mol. The van der Waals surface area contributed by atoms with E-state index in [4.69, 9.17) is 11.6 Å². The minimum Gasteiger partial charge on any atom is -0.353 e. The fraction of sp³-hybridized carbons (Fsp3) is 0.714. The molecule has 0 spiro atoms. The lowest BCUT2D eigenvalue weighted by Gasteiger charge is -2.40. The minimum atomic E-state index is 0.112. The zero-order chi connectivity index (χ0) is 8.44. The van der Waals surface area contributed by atoms with Crippen molar-refractivity contribution in [1.29, 1.82) is 0 Å². The van der Waals surface area contributed by atoms with Crippen molar-refractivity contribution in [2.45, 2.75) is 24.8 Å². The minimum absolute atomic E-state index is 0.112. The summed E-state index contributed by atoms with van der Waals surface area (Å²) in [6.45, 7) is 0. The van der Waals surface area contributed by atoms with Gasteiger partial charge in [0.25, 0.3) is 0 Å². The summed E-state index contributed by atoms with van der Waals surface area (Å²) >= 11 is 7.39. The molecule has 0 radical (unpaired) electrons. The summed E-state index contributed by atoms with van der Waals surface area (Å²) in [4.78, 5) is 0. The molecule has 0 bridgehead atoms. The van der Waals surface area contributed by atoms with Crippen LogP contribution in [0.25, 0.3) is 0 Å². The summed E-state index contributed by atoms with van der Waals surface area (Å²) in [6, 6.07) is 0. The van der Waals surface area contributed by atoms with E-state index in [1.54, 1.807) is 5.51 Å². The molecular weight excluding hydrogens is 194 g/mol. The van der Waals surface area contributed by atoms with E-state index in [1.807, 2.05) is 0 Å². The summed E-state index contributed by atoms with van der Waals surface area (Å²) in [7, 11) is 0. The molecule has 3 nitrogen and oxygen atoms in total. The standard InChI is InChI=1S/C7H10ClN3S/c8-4-7(2-1-3-7)10-6-11-9-5-12-6/h5H,1-4H2,(H,10,11). The second-order valence-corrected chi connectivity index (χ2v) is 4.24. The maximum atomic E-state index is 5.87.